The zero-order valence-corrected chi connectivity index (χ0v) is 17.7. The lowest BCUT2D eigenvalue weighted by Gasteiger charge is -2.35. The van der Waals surface area contributed by atoms with Gasteiger partial charge in [-0.25, -0.2) is 4.79 Å². The quantitative estimate of drug-likeness (QED) is 0.762. The van der Waals surface area contributed by atoms with Gasteiger partial charge in [0.2, 0.25) is 0 Å². The second-order valence-electron chi connectivity index (χ2n) is 7.52. The van der Waals surface area contributed by atoms with Crippen LogP contribution in [0, 0.1) is 0 Å². The molecule has 2 saturated heterocycles. The van der Waals surface area contributed by atoms with Crippen molar-refractivity contribution < 1.29 is 4.79 Å². The molecule has 28 heavy (non-hydrogen) atoms. The number of carbonyl (C=O) groups excluding carboxylic acids is 1. The first-order chi connectivity index (χ1) is 13.7. The maximum atomic E-state index is 12.5. The molecular weight excluding hydrogens is 416 g/mol. The van der Waals surface area contributed by atoms with Crippen LogP contribution in [0.2, 0.25) is 0 Å². The molecule has 1 N–H and O–H groups in total. The van der Waals surface area contributed by atoms with E-state index in [2.05, 4.69) is 55.3 Å². The molecule has 0 unspecified atom stereocenters. The Morgan fingerprint density at radius 1 is 0.893 bits per heavy atom. The summed E-state index contributed by atoms with van der Waals surface area (Å²) in [5, 5.41) is 2.99. The van der Waals surface area contributed by atoms with Crippen molar-refractivity contribution in [1.82, 2.24) is 9.80 Å². The summed E-state index contributed by atoms with van der Waals surface area (Å²) >= 11 is 3.42. The molecule has 0 radical (unpaired) electrons. The molecule has 2 amide bonds. The van der Waals surface area contributed by atoms with Crippen LogP contribution < -0.4 is 10.2 Å². The molecule has 5 nitrogen and oxygen atoms in total. The third-order valence-corrected chi connectivity index (χ3v) is 6.12. The van der Waals surface area contributed by atoms with Crippen molar-refractivity contribution in [1.29, 1.82) is 0 Å². The van der Waals surface area contributed by atoms with Crippen LogP contribution in [0.25, 0.3) is 0 Å². The number of anilines is 2. The third kappa shape index (κ3) is 4.67. The van der Waals surface area contributed by atoms with Crippen LogP contribution in [-0.4, -0.2) is 55.1 Å². The zero-order valence-electron chi connectivity index (χ0n) is 16.1. The summed E-state index contributed by atoms with van der Waals surface area (Å²) in [6.07, 6.45) is 2.58. The number of rotatable bonds is 4. The second kappa shape index (κ2) is 8.97. The summed E-state index contributed by atoms with van der Waals surface area (Å²) in [6, 6.07) is 16.5. The Hall–Kier alpha value is -2.05. The highest BCUT2D eigenvalue weighted by molar-refractivity contribution is 9.10. The summed E-state index contributed by atoms with van der Waals surface area (Å²) < 4.78 is 1.01. The minimum Gasteiger partial charge on any atom is -0.371 e. The van der Waals surface area contributed by atoms with Crippen LogP contribution in [0.5, 0.6) is 0 Å². The van der Waals surface area contributed by atoms with E-state index in [-0.39, 0.29) is 6.03 Å². The number of piperazine rings is 1. The van der Waals surface area contributed by atoms with Crippen molar-refractivity contribution >= 4 is 33.3 Å². The number of hydrogen-bond donors (Lipinski definition) is 1. The first-order valence-corrected chi connectivity index (χ1v) is 10.8. The fraction of sp³-hybridized carbons (Fsp3) is 0.409. The highest BCUT2D eigenvalue weighted by Crippen LogP contribution is 2.26. The van der Waals surface area contributed by atoms with E-state index in [4.69, 9.17) is 0 Å². The molecule has 2 aromatic carbocycles. The predicted molar refractivity (Wildman–Crippen MR) is 118 cm³/mol. The molecule has 148 valence electrons. The monoisotopic (exact) mass is 442 g/mol. The Kier molecular flexibility index (Phi) is 6.17. The largest absolute Gasteiger partial charge is 0.371 e. The number of hydrogen-bond acceptors (Lipinski definition) is 3. The normalized spacial score (nSPS) is 17.8. The lowest BCUT2D eigenvalue weighted by atomic mass is 10.1. The summed E-state index contributed by atoms with van der Waals surface area (Å²) in [5.74, 6) is 0. The van der Waals surface area contributed by atoms with Crippen LogP contribution in [0.3, 0.4) is 0 Å². The van der Waals surface area contributed by atoms with E-state index in [1.54, 1.807) is 0 Å². The first kappa shape index (κ1) is 19.3. The molecule has 2 aliphatic heterocycles. The van der Waals surface area contributed by atoms with Crippen LogP contribution in [0.1, 0.15) is 18.4 Å². The van der Waals surface area contributed by atoms with E-state index in [0.29, 0.717) is 0 Å². The van der Waals surface area contributed by atoms with Gasteiger partial charge in [-0.05, 0) is 48.7 Å². The number of para-hydroxylation sites is 1. The fourth-order valence-corrected chi connectivity index (χ4v) is 4.26. The maximum Gasteiger partial charge on any atom is 0.321 e. The highest BCUT2D eigenvalue weighted by Gasteiger charge is 2.23. The van der Waals surface area contributed by atoms with E-state index < -0.39 is 0 Å². The van der Waals surface area contributed by atoms with E-state index in [0.717, 1.165) is 42.9 Å². The van der Waals surface area contributed by atoms with E-state index in [1.165, 1.54) is 37.2 Å². The molecule has 0 saturated carbocycles. The number of carbonyl (C=O) groups is 1. The first-order valence-electron chi connectivity index (χ1n) is 10.1. The molecule has 0 atom stereocenters. The van der Waals surface area contributed by atoms with Crippen molar-refractivity contribution in [2.75, 3.05) is 49.5 Å². The molecule has 0 aliphatic carbocycles. The Labute approximate surface area is 175 Å². The molecule has 0 aromatic heterocycles. The van der Waals surface area contributed by atoms with Gasteiger partial charge < -0.3 is 15.1 Å². The topological polar surface area (TPSA) is 38.8 Å². The summed E-state index contributed by atoms with van der Waals surface area (Å²) in [6.45, 7) is 6.61. The average molecular weight is 443 g/mol. The van der Waals surface area contributed by atoms with Gasteiger partial charge in [-0.15, -0.1) is 0 Å². The zero-order chi connectivity index (χ0) is 19.3. The number of nitrogens with one attached hydrogen (secondary N) is 1. The van der Waals surface area contributed by atoms with Crippen molar-refractivity contribution in [2.24, 2.45) is 0 Å². The molecule has 2 aromatic rings. The number of benzene rings is 2. The van der Waals surface area contributed by atoms with Gasteiger partial charge in [0.05, 0.1) is 0 Å². The molecule has 2 heterocycles. The Morgan fingerprint density at radius 3 is 2.29 bits per heavy atom. The van der Waals surface area contributed by atoms with E-state index in [9.17, 15) is 4.79 Å². The molecule has 2 aliphatic rings. The predicted octanol–water partition coefficient (Wildman–Crippen LogP) is 4.40. The van der Waals surface area contributed by atoms with Crippen LogP contribution in [-0.2, 0) is 6.54 Å². The smallest absolute Gasteiger partial charge is 0.321 e. The highest BCUT2D eigenvalue weighted by atomic mass is 79.9. The van der Waals surface area contributed by atoms with E-state index >= 15 is 0 Å². The van der Waals surface area contributed by atoms with Gasteiger partial charge in [0, 0.05) is 61.7 Å². The van der Waals surface area contributed by atoms with Crippen LogP contribution in [0.15, 0.2) is 53.0 Å². The fourth-order valence-electron chi connectivity index (χ4n) is 4.00. The molecule has 6 heteroatoms. The summed E-state index contributed by atoms with van der Waals surface area (Å²) in [5.41, 5.74) is 3.61. The summed E-state index contributed by atoms with van der Waals surface area (Å²) in [7, 11) is 0. The molecule has 0 spiro atoms. The van der Waals surface area contributed by atoms with Crippen molar-refractivity contribution in [3.05, 3.63) is 58.6 Å². The average Bonchev–Trinajstić information content (AvgIpc) is 3.25. The van der Waals surface area contributed by atoms with Crippen molar-refractivity contribution in [2.45, 2.75) is 19.4 Å². The SMILES string of the molecule is O=C(Nc1ccc(Br)cc1)N1CCN(Cc2ccccc2N2CCCC2)CC1. The van der Waals surface area contributed by atoms with Gasteiger partial charge >= 0.3 is 6.03 Å². The second-order valence-corrected chi connectivity index (χ2v) is 8.44. The van der Waals surface area contributed by atoms with Gasteiger partial charge in [0.25, 0.3) is 0 Å². The minimum atomic E-state index is -0.0144. The number of halogens is 1. The van der Waals surface area contributed by atoms with Crippen LogP contribution in [0.4, 0.5) is 16.2 Å². The Morgan fingerprint density at radius 2 is 1.57 bits per heavy atom. The van der Waals surface area contributed by atoms with Crippen molar-refractivity contribution in [3.63, 3.8) is 0 Å². The Bertz CT molecular complexity index is 796. The molecular formula is C22H27BrN4O. The molecule has 4 rings (SSSR count). The lowest BCUT2D eigenvalue weighted by molar-refractivity contribution is 0.143. The van der Waals surface area contributed by atoms with Gasteiger partial charge in [-0.1, -0.05) is 34.1 Å². The molecule has 0 bridgehead atoms. The maximum absolute atomic E-state index is 12.5. The number of nitrogens with zero attached hydrogens (tertiary/aromatic N) is 3. The molecule has 2 fully saturated rings. The Balaban J connectivity index is 1.31. The number of amides is 2. The standard InChI is InChI=1S/C22H27BrN4O/c23-19-7-9-20(10-8-19)24-22(28)27-15-13-25(14-16-27)17-18-5-1-2-6-21(18)26-11-3-4-12-26/h1-2,5-10H,3-4,11-17H2,(H,24,28). The van der Waals surface area contributed by atoms with Gasteiger partial charge in [0.15, 0.2) is 0 Å². The lowest BCUT2D eigenvalue weighted by Crippen LogP contribution is -2.49. The summed E-state index contributed by atoms with van der Waals surface area (Å²) in [4.78, 5) is 19.4. The number of urea groups is 1. The van der Waals surface area contributed by atoms with Gasteiger partial charge in [-0.2, -0.15) is 0 Å². The minimum absolute atomic E-state index is 0.0144. The van der Waals surface area contributed by atoms with Gasteiger partial charge in [0.1, 0.15) is 0 Å². The van der Waals surface area contributed by atoms with Crippen molar-refractivity contribution in [3.8, 4) is 0 Å². The van der Waals surface area contributed by atoms with Gasteiger partial charge in [-0.3, -0.25) is 4.90 Å². The third-order valence-electron chi connectivity index (χ3n) is 5.59. The van der Waals surface area contributed by atoms with E-state index in [1.807, 2.05) is 29.2 Å². The van der Waals surface area contributed by atoms with Crippen LogP contribution >= 0.6 is 15.9 Å².